The van der Waals surface area contributed by atoms with E-state index in [1.807, 2.05) is 12.1 Å². The molecule has 80 valence electrons. The monoisotopic (exact) mass is 204 g/mol. The van der Waals surface area contributed by atoms with Gasteiger partial charge < -0.3 is 5.11 Å². The molecule has 2 heteroatoms. The van der Waals surface area contributed by atoms with Crippen LogP contribution in [-0.2, 0) is 11.2 Å². The average Bonchev–Trinajstić information content (AvgIpc) is 2.14. The molecule has 1 aliphatic rings. The smallest absolute Gasteiger partial charge is 0.309 e. The van der Waals surface area contributed by atoms with Gasteiger partial charge in [0, 0.05) is 0 Å². The fraction of sp³-hybridized carbons (Fsp3) is 0.462. The zero-order valence-electron chi connectivity index (χ0n) is 9.16. The molecule has 0 spiro atoms. The van der Waals surface area contributed by atoms with E-state index in [-0.39, 0.29) is 0 Å². The van der Waals surface area contributed by atoms with E-state index in [0.29, 0.717) is 5.92 Å². The highest BCUT2D eigenvalue weighted by molar-refractivity contribution is 5.73. The molecule has 0 fully saturated rings. The molecular formula is C13H16O2. The van der Waals surface area contributed by atoms with Crippen LogP contribution in [0.4, 0.5) is 0 Å². The van der Waals surface area contributed by atoms with Gasteiger partial charge in [0.25, 0.3) is 0 Å². The minimum atomic E-state index is -0.702. The van der Waals surface area contributed by atoms with Crippen LogP contribution in [-0.4, -0.2) is 11.1 Å². The zero-order chi connectivity index (χ0) is 11.1. The Morgan fingerprint density at radius 2 is 2.13 bits per heavy atom. The lowest BCUT2D eigenvalue weighted by Crippen LogP contribution is -2.30. The van der Waals surface area contributed by atoms with Gasteiger partial charge in [0.15, 0.2) is 0 Å². The van der Waals surface area contributed by atoms with Crippen molar-refractivity contribution in [1.29, 1.82) is 0 Å². The Balaban J connectivity index is 2.10. The Morgan fingerprint density at radius 3 is 2.73 bits per heavy atom. The predicted octanol–water partition coefficient (Wildman–Crippen LogP) is 2.83. The molecule has 15 heavy (non-hydrogen) atoms. The van der Waals surface area contributed by atoms with Gasteiger partial charge in [0.05, 0.1) is 5.41 Å². The van der Waals surface area contributed by atoms with Crippen LogP contribution in [0.5, 0.6) is 0 Å². The molecule has 0 radical (unpaired) electrons. The Kier molecular flexibility index (Phi) is 2.29. The molecule has 0 saturated heterocycles. The molecule has 2 rings (SSSR count). The first-order valence-corrected chi connectivity index (χ1v) is 5.32. The summed E-state index contributed by atoms with van der Waals surface area (Å²) in [5, 5.41) is 9.06. The van der Waals surface area contributed by atoms with Gasteiger partial charge in [0.1, 0.15) is 0 Å². The minimum Gasteiger partial charge on any atom is -0.481 e. The highest BCUT2D eigenvalue weighted by Crippen LogP contribution is 2.42. The Labute approximate surface area is 89.9 Å². The van der Waals surface area contributed by atoms with Crippen molar-refractivity contribution in [2.24, 2.45) is 5.41 Å². The van der Waals surface area contributed by atoms with E-state index in [4.69, 9.17) is 5.11 Å². The first-order valence-electron chi connectivity index (χ1n) is 5.32. The largest absolute Gasteiger partial charge is 0.481 e. The Morgan fingerprint density at radius 1 is 1.47 bits per heavy atom. The summed E-state index contributed by atoms with van der Waals surface area (Å²) in [7, 11) is 0. The first-order chi connectivity index (χ1) is 7.00. The Hall–Kier alpha value is -1.31. The Bertz CT molecular complexity index is 393. The summed E-state index contributed by atoms with van der Waals surface area (Å²) in [4.78, 5) is 11.0. The maximum Gasteiger partial charge on any atom is 0.309 e. The molecule has 1 aromatic rings. The van der Waals surface area contributed by atoms with E-state index in [0.717, 1.165) is 12.8 Å². The molecule has 1 N–H and O–H groups in total. The van der Waals surface area contributed by atoms with Crippen LogP contribution in [0.2, 0.25) is 0 Å². The quantitative estimate of drug-likeness (QED) is 0.822. The molecule has 1 unspecified atom stereocenters. The third kappa shape index (κ3) is 1.76. The predicted molar refractivity (Wildman–Crippen MR) is 58.9 cm³/mol. The van der Waals surface area contributed by atoms with E-state index in [1.54, 1.807) is 13.8 Å². The summed E-state index contributed by atoms with van der Waals surface area (Å²) in [6.07, 6.45) is 1.77. The second-order valence-corrected chi connectivity index (χ2v) is 4.99. The molecule has 0 aliphatic heterocycles. The van der Waals surface area contributed by atoms with Gasteiger partial charge in [-0.25, -0.2) is 0 Å². The molecule has 0 amide bonds. The average molecular weight is 204 g/mol. The SMILES string of the molecule is CC(C)(CC1Cc2ccccc21)C(=O)O. The second kappa shape index (κ2) is 3.37. The normalized spacial score (nSPS) is 19.2. The van der Waals surface area contributed by atoms with Crippen LogP contribution < -0.4 is 0 Å². The first kappa shape index (κ1) is 10.2. The van der Waals surface area contributed by atoms with Gasteiger partial charge in [0.2, 0.25) is 0 Å². The number of benzene rings is 1. The van der Waals surface area contributed by atoms with Crippen LogP contribution in [0.15, 0.2) is 24.3 Å². The third-order valence-electron chi connectivity index (χ3n) is 3.30. The van der Waals surface area contributed by atoms with Gasteiger partial charge in [-0.1, -0.05) is 24.3 Å². The van der Waals surface area contributed by atoms with Gasteiger partial charge in [-0.05, 0) is 43.7 Å². The van der Waals surface area contributed by atoms with Crippen LogP contribution in [0.1, 0.15) is 37.3 Å². The number of hydrogen-bond donors (Lipinski definition) is 1. The number of aliphatic carboxylic acids is 1. The van der Waals surface area contributed by atoms with Crippen molar-refractivity contribution in [3.8, 4) is 0 Å². The van der Waals surface area contributed by atoms with Crippen molar-refractivity contribution in [1.82, 2.24) is 0 Å². The molecule has 2 nitrogen and oxygen atoms in total. The van der Waals surface area contributed by atoms with E-state index >= 15 is 0 Å². The van der Waals surface area contributed by atoms with Crippen molar-refractivity contribution in [3.05, 3.63) is 35.4 Å². The number of rotatable bonds is 3. The van der Waals surface area contributed by atoms with Crippen molar-refractivity contribution >= 4 is 5.97 Å². The fourth-order valence-electron chi connectivity index (χ4n) is 2.25. The highest BCUT2D eigenvalue weighted by Gasteiger charge is 2.35. The highest BCUT2D eigenvalue weighted by atomic mass is 16.4. The summed E-state index contributed by atoms with van der Waals surface area (Å²) < 4.78 is 0. The summed E-state index contributed by atoms with van der Waals surface area (Å²) in [5.41, 5.74) is 2.11. The maximum absolute atomic E-state index is 11.0. The number of fused-ring (bicyclic) bond motifs is 1. The van der Waals surface area contributed by atoms with Crippen molar-refractivity contribution in [2.45, 2.75) is 32.6 Å². The summed E-state index contributed by atoms with van der Waals surface area (Å²) in [5.74, 6) is -0.265. The topological polar surface area (TPSA) is 37.3 Å². The molecule has 1 aromatic carbocycles. The lowest BCUT2D eigenvalue weighted by molar-refractivity contribution is -0.147. The number of hydrogen-bond acceptors (Lipinski definition) is 1. The van der Waals surface area contributed by atoms with E-state index in [1.165, 1.54) is 11.1 Å². The summed E-state index contributed by atoms with van der Waals surface area (Å²) in [6.45, 7) is 3.60. The van der Waals surface area contributed by atoms with E-state index < -0.39 is 11.4 Å². The molecule has 0 saturated carbocycles. The number of carbonyl (C=O) groups is 1. The van der Waals surface area contributed by atoms with Crippen molar-refractivity contribution < 1.29 is 9.90 Å². The molecule has 1 aliphatic carbocycles. The van der Waals surface area contributed by atoms with Crippen molar-refractivity contribution in [3.63, 3.8) is 0 Å². The third-order valence-corrected chi connectivity index (χ3v) is 3.30. The van der Waals surface area contributed by atoms with Crippen LogP contribution in [0.25, 0.3) is 0 Å². The van der Waals surface area contributed by atoms with Crippen molar-refractivity contribution in [2.75, 3.05) is 0 Å². The van der Waals surface area contributed by atoms with Gasteiger partial charge in [-0.2, -0.15) is 0 Å². The lowest BCUT2D eigenvalue weighted by Gasteiger charge is -2.34. The van der Waals surface area contributed by atoms with E-state index in [9.17, 15) is 4.79 Å². The van der Waals surface area contributed by atoms with Crippen LogP contribution in [0.3, 0.4) is 0 Å². The molecule has 0 heterocycles. The van der Waals surface area contributed by atoms with Gasteiger partial charge in [-0.15, -0.1) is 0 Å². The molecule has 0 bridgehead atoms. The van der Waals surface area contributed by atoms with Gasteiger partial charge in [-0.3, -0.25) is 4.79 Å². The van der Waals surface area contributed by atoms with Crippen LogP contribution in [0, 0.1) is 5.41 Å². The zero-order valence-corrected chi connectivity index (χ0v) is 9.16. The summed E-state index contributed by atoms with van der Waals surface area (Å²) in [6, 6.07) is 8.30. The number of carboxylic acid groups (broad SMARTS) is 1. The summed E-state index contributed by atoms with van der Waals surface area (Å²) >= 11 is 0. The van der Waals surface area contributed by atoms with Crippen LogP contribution >= 0.6 is 0 Å². The second-order valence-electron chi connectivity index (χ2n) is 4.99. The fourth-order valence-corrected chi connectivity index (χ4v) is 2.25. The molecule has 0 aromatic heterocycles. The number of carboxylic acids is 1. The molecular weight excluding hydrogens is 188 g/mol. The van der Waals surface area contributed by atoms with Gasteiger partial charge >= 0.3 is 5.97 Å². The standard InChI is InChI=1S/C13H16O2/c1-13(2,12(14)15)8-10-7-9-5-3-4-6-11(9)10/h3-6,10H,7-8H2,1-2H3,(H,14,15). The lowest BCUT2D eigenvalue weighted by atomic mass is 9.69. The molecule has 1 atom stereocenters. The maximum atomic E-state index is 11.0. The minimum absolute atomic E-state index is 0.437. The van der Waals surface area contributed by atoms with E-state index in [2.05, 4.69) is 12.1 Å².